The van der Waals surface area contributed by atoms with E-state index in [1.54, 1.807) is 19.1 Å². The molecule has 1 aromatic heterocycles. The van der Waals surface area contributed by atoms with Crippen LogP contribution < -0.4 is 19.5 Å². The fraction of sp³-hybridized carbons (Fsp3) is 0.368. The highest BCUT2D eigenvalue weighted by atomic mass is 32.1. The van der Waals surface area contributed by atoms with E-state index in [0.29, 0.717) is 27.8 Å². The van der Waals surface area contributed by atoms with Gasteiger partial charge in [0.05, 0.1) is 39.1 Å². The summed E-state index contributed by atoms with van der Waals surface area (Å²) in [5.41, 5.74) is 0.600. The number of carbonyl (C=O) groups is 2. The van der Waals surface area contributed by atoms with Gasteiger partial charge in [0.2, 0.25) is 0 Å². The van der Waals surface area contributed by atoms with Gasteiger partial charge in [-0.25, -0.2) is 4.79 Å². The maximum absolute atomic E-state index is 12.9. The van der Waals surface area contributed by atoms with Gasteiger partial charge >= 0.3 is 5.97 Å². The molecule has 0 saturated carbocycles. The lowest BCUT2D eigenvalue weighted by Crippen LogP contribution is -2.15. The highest BCUT2D eigenvalue weighted by Crippen LogP contribution is 2.36. The van der Waals surface area contributed by atoms with Crippen molar-refractivity contribution in [1.29, 1.82) is 0 Å². The smallest absolute Gasteiger partial charge is 0.341 e. The summed E-state index contributed by atoms with van der Waals surface area (Å²) in [4.78, 5) is 26.0. The topological polar surface area (TPSA) is 83.1 Å². The maximum atomic E-state index is 12.9. The van der Waals surface area contributed by atoms with Crippen LogP contribution in [0.5, 0.6) is 17.2 Å². The van der Waals surface area contributed by atoms with Crippen molar-refractivity contribution in [2.45, 2.75) is 20.3 Å². The molecule has 1 aromatic carbocycles. The lowest BCUT2D eigenvalue weighted by atomic mass is 10.1. The predicted molar refractivity (Wildman–Crippen MR) is 104 cm³/mol. The van der Waals surface area contributed by atoms with Gasteiger partial charge in [-0.15, -0.1) is 11.3 Å². The molecule has 0 aliphatic carbocycles. The third-order valence-corrected chi connectivity index (χ3v) is 5.00. The van der Waals surface area contributed by atoms with Crippen LogP contribution in [0.4, 0.5) is 5.00 Å². The van der Waals surface area contributed by atoms with Crippen LogP contribution in [0.2, 0.25) is 0 Å². The van der Waals surface area contributed by atoms with Gasteiger partial charge in [0, 0.05) is 17.0 Å². The van der Waals surface area contributed by atoms with Crippen LogP contribution >= 0.6 is 11.3 Å². The van der Waals surface area contributed by atoms with Crippen molar-refractivity contribution in [3.63, 3.8) is 0 Å². The average molecular weight is 393 g/mol. The summed E-state index contributed by atoms with van der Waals surface area (Å²) < 4.78 is 20.9. The molecule has 1 amide bonds. The number of benzene rings is 1. The van der Waals surface area contributed by atoms with Crippen LogP contribution in [-0.2, 0) is 11.2 Å². The quantitative estimate of drug-likeness (QED) is 0.688. The molecule has 0 saturated heterocycles. The summed E-state index contributed by atoms with van der Waals surface area (Å²) >= 11 is 1.34. The molecule has 0 spiro atoms. The zero-order valence-electron chi connectivity index (χ0n) is 16.0. The van der Waals surface area contributed by atoms with Crippen molar-refractivity contribution in [3.05, 3.63) is 34.2 Å². The van der Waals surface area contributed by atoms with Crippen molar-refractivity contribution >= 4 is 28.2 Å². The number of amides is 1. The molecule has 0 fully saturated rings. The van der Waals surface area contributed by atoms with Gasteiger partial charge in [-0.3, -0.25) is 4.79 Å². The molecule has 8 heteroatoms. The van der Waals surface area contributed by atoms with E-state index in [0.717, 1.165) is 11.3 Å². The summed E-state index contributed by atoms with van der Waals surface area (Å²) in [5, 5.41) is 3.22. The number of esters is 1. The zero-order chi connectivity index (χ0) is 20.0. The van der Waals surface area contributed by atoms with E-state index in [1.807, 2.05) is 6.92 Å². The number of anilines is 1. The molecule has 1 N–H and O–H groups in total. The third-order valence-electron chi connectivity index (χ3n) is 3.80. The van der Waals surface area contributed by atoms with Gasteiger partial charge in [0.15, 0.2) is 11.5 Å². The molecular formula is C19H23NO6S. The van der Waals surface area contributed by atoms with Crippen molar-refractivity contribution < 1.29 is 28.5 Å². The Kier molecular flexibility index (Phi) is 7.06. The average Bonchev–Trinajstić information content (AvgIpc) is 3.09. The number of hydrogen-bond acceptors (Lipinski definition) is 7. The molecular weight excluding hydrogens is 370 g/mol. The van der Waals surface area contributed by atoms with Gasteiger partial charge in [0.1, 0.15) is 10.8 Å². The molecule has 27 heavy (non-hydrogen) atoms. The molecule has 0 radical (unpaired) electrons. The lowest BCUT2D eigenvalue weighted by Gasteiger charge is -2.14. The van der Waals surface area contributed by atoms with Crippen molar-refractivity contribution in [1.82, 2.24) is 0 Å². The van der Waals surface area contributed by atoms with E-state index in [9.17, 15) is 9.59 Å². The fourth-order valence-corrected chi connectivity index (χ4v) is 3.43. The summed E-state index contributed by atoms with van der Waals surface area (Å²) in [7, 11) is 4.45. The number of aryl methyl sites for hydroxylation is 1. The first-order chi connectivity index (χ1) is 13.0. The Morgan fingerprint density at radius 3 is 2.11 bits per heavy atom. The van der Waals surface area contributed by atoms with Crippen LogP contribution in [-0.4, -0.2) is 39.8 Å². The highest BCUT2D eigenvalue weighted by Gasteiger charge is 2.22. The monoisotopic (exact) mass is 393 g/mol. The van der Waals surface area contributed by atoms with E-state index in [1.165, 1.54) is 38.7 Å². The zero-order valence-corrected chi connectivity index (χ0v) is 16.8. The number of ether oxygens (including phenoxy) is 4. The molecule has 0 aliphatic heterocycles. The first-order valence-electron chi connectivity index (χ1n) is 8.40. The maximum Gasteiger partial charge on any atom is 0.341 e. The van der Waals surface area contributed by atoms with E-state index in [4.69, 9.17) is 18.9 Å². The van der Waals surface area contributed by atoms with Crippen molar-refractivity contribution in [2.75, 3.05) is 33.3 Å². The Balaban J connectivity index is 2.40. The van der Waals surface area contributed by atoms with Crippen molar-refractivity contribution in [3.8, 4) is 17.2 Å². The number of rotatable bonds is 8. The SMILES string of the molecule is CCOC(=O)c1cc(CC)sc1NC(=O)c1cc(OC)c(OC)cc1OC. The second-order valence-electron chi connectivity index (χ2n) is 5.39. The minimum Gasteiger partial charge on any atom is -0.496 e. The number of carbonyl (C=O) groups excluding carboxylic acids is 2. The van der Waals surface area contributed by atoms with Gasteiger partial charge in [-0.1, -0.05) is 6.92 Å². The van der Waals surface area contributed by atoms with Gasteiger partial charge in [0.25, 0.3) is 5.91 Å². The van der Waals surface area contributed by atoms with Crippen LogP contribution in [0.1, 0.15) is 39.4 Å². The summed E-state index contributed by atoms with van der Waals surface area (Å²) in [6.45, 7) is 3.97. The van der Waals surface area contributed by atoms with Gasteiger partial charge in [-0.05, 0) is 19.4 Å². The second-order valence-corrected chi connectivity index (χ2v) is 6.53. The Labute approximate surface area is 162 Å². The Morgan fingerprint density at radius 1 is 0.926 bits per heavy atom. The Morgan fingerprint density at radius 2 is 1.56 bits per heavy atom. The van der Waals surface area contributed by atoms with E-state index in [-0.39, 0.29) is 12.2 Å². The summed E-state index contributed by atoms with van der Waals surface area (Å²) in [5.74, 6) is 0.276. The number of thiophene rings is 1. The largest absolute Gasteiger partial charge is 0.496 e. The van der Waals surface area contributed by atoms with E-state index < -0.39 is 11.9 Å². The summed E-state index contributed by atoms with van der Waals surface area (Å²) in [6, 6.07) is 4.85. The van der Waals surface area contributed by atoms with E-state index >= 15 is 0 Å². The molecule has 0 atom stereocenters. The minimum absolute atomic E-state index is 0.257. The first kappa shape index (κ1) is 20.6. The molecule has 2 aromatic rings. The van der Waals surface area contributed by atoms with E-state index in [2.05, 4.69) is 5.32 Å². The minimum atomic E-state index is -0.469. The highest BCUT2D eigenvalue weighted by molar-refractivity contribution is 7.16. The fourth-order valence-electron chi connectivity index (χ4n) is 2.45. The lowest BCUT2D eigenvalue weighted by molar-refractivity contribution is 0.0528. The number of nitrogens with one attached hydrogen (secondary N) is 1. The molecule has 7 nitrogen and oxygen atoms in total. The first-order valence-corrected chi connectivity index (χ1v) is 9.21. The van der Waals surface area contributed by atoms with Crippen LogP contribution in [0.3, 0.4) is 0 Å². The standard InChI is InChI=1S/C19H23NO6S/c1-6-11-8-13(19(22)26-7-2)18(27-11)20-17(21)12-9-15(24-4)16(25-5)10-14(12)23-3/h8-10H,6-7H2,1-5H3,(H,20,21). The third kappa shape index (κ3) is 4.51. The van der Waals surface area contributed by atoms with Gasteiger partial charge < -0.3 is 24.3 Å². The Hall–Kier alpha value is -2.74. The van der Waals surface area contributed by atoms with Crippen molar-refractivity contribution in [2.24, 2.45) is 0 Å². The Bertz CT molecular complexity index is 830. The normalized spacial score (nSPS) is 10.3. The molecule has 0 bridgehead atoms. The molecule has 2 rings (SSSR count). The van der Waals surface area contributed by atoms with Gasteiger partial charge in [-0.2, -0.15) is 0 Å². The number of methoxy groups -OCH3 is 3. The molecule has 0 aliphatic rings. The predicted octanol–water partition coefficient (Wildman–Crippen LogP) is 3.77. The second kappa shape index (κ2) is 9.27. The van der Waals surface area contributed by atoms with Crippen LogP contribution in [0.25, 0.3) is 0 Å². The van der Waals surface area contributed by atoms with Crippen LogP contribution in [0.15, 0.2) is 18.2 Å². The van der Waals surface area contributed by atoms with Crippen LogP contribution in [0, 0.1) is 0 Å². The molecule has 1 heterocycles. The molecule has 146 valence electrons. The number of hydrogen-bond donors (Lipinski definition) is 1. The molecule has 0 unspecified atom stereocenters. The summed E-state index contributed by atoms with van der Waals surface area (Å²) in [6.07, 6.45) is 0.743.